The van der Waals surface area contributed by atoms with E-state index in [0.717, 1.165) is 0 Å². The molecule has 0 bridgehead atoms. The maximum absolute atomic E-state index is 10.8. The number of hydrogen-bond donors (Lipinski definition) is 0. The molecule has 0 aliphatic heterocycles. The molecule has 0 saturated carbocycles. The van der Waals surface area contributed by atoms with Crippen molar-refractivity contribution in [3.05, 3.63) is 25.6 Å². The molecule has 0 aromatic carbocycles. The Kier molecular flexibility index (Phi) is 3.87. The molecule has 0 rings (SSSR count). The summed E-state index contributed by atoms with van der Waals surface area (Å²) in [4.78, 5) is 15.5. The van der Waals surface area contributed by atoms with Crippen molar-refractivity contribution < 1.29 is 4.79 Å². The molecular formula is C7H10N2O. The van der Waals surface area contributed by atoms with Gasteiger partial charge in [-0.3, -0.25) is 4.90 Å². The first-order valence-corrected chi connectivity index (χ1v) is 2.82. The van der Waals surface area contributed by atoms with E-state index in [2.05, 4.69) is 18.2 Å². The summed E-state index contributed by atoms with van der Waals surface area (Å²) in [5.74, 6) is 0. The van der Waals surface area contributed by atoms with E-state index < -0.39 is 0 Å². The van der Waals surface area contributed by atoms with Crippen molar-refractivity contribution in [1.29, 1.82) is 0 Å². The number of carbonyl (C=O) groups is 1. The van der Waals surface area contributed by atoms with Gasteiger partial charge >= 0.3 is 6.03 Å². The van der Waals surface area contributed by atoms with Gasteiger partial charge in [0.15, 0.2) is 0 Å². The average molecular weight is 138 g/mol. The predicted octanol–water partition coefficient (Wildman–Crippen LogP) is 1.79. The van der Waals surface area contributed by atoms with E-state index in [-0.39, 0.29) is 6.03 Å². The van der Waals surface area contributed by atoms with E-state index in [9.17, 15) is 4.79 Å². The van der Waals surface area contributed by atoms with Crippen LogP contribution in [0, 0.1) is 0 Å². The summed E-state index contributed by atoms with van der Waals surface area (Å²) in [7, 11) is 0. The number of hydrogen-bond acceptors (Lipinski definition) is 1. The number of nitrogens with zero attached hydrogens (tertiary/aromatic N) is 2. The Morgan fingerprint density at radius 1 is 1.50 bits per heavy atom. The Labute approximate surface area is 60.4 Å². The van der Waals surface area contributed by atoms with Crippen molar-refractivity contribution in [3.8, 4) is 0 Å². The normalized spacial score (nSPS) is 9.30. The minimum atomic E-state index is -0.382. The maximum atomic E-state index is 10.8. The largest absolute Gasteiger partial charge is 0.351 e. The summed E-state index contributed by atoms with van der Waals surface area (Å²) < 4.78 is 0. The molecule has 54 valence electrons. The summed E-state index contributed by atoms with van der Waals surface area (Å²) in [6.07, 6.45) is 4.12. The number of aliphatic imine (C=N–C) groups is 1. The molecule has 0 radical (unpaired) electrons. The van der Waals surface area contributed by atoms with Gasteiger partial charge in [0.05, 0.1) is 0 Å². The summed E-state index contributed by atoms with van der Waals surface area (Å²) >= 11 is 0. The van der Waals surface area contributed by atoms with Gasteiger partial charge in [-0.15, -0.1) is 0 Å². The quantitative estimate of drug-likeness (QED) is 0.535. The number of rotatable bonds is 2. The fraction of sp³-hybridized carbons (Fsp3) is 0.143. The molecule has 0 N–H and O–H groups in total. The first kappa shape index (κ1) is 8.62. The fourth-order valence-corrected chi connectivity index (χ4v) is 0.408. The van der Waals surface area contributed by atoms with Crippen molar-refractivity contribution >= 4 is 12.2 Å². The molecule has 0 aromatic rings. The van der Waals surface area contributed by atoms with Crippen molar-refractivity contribution in [2.45, 2.75) is 6.92 Å². The molecule has 0 spiro atoms. The molecule has 2 amide bonds. The van der Waals surface area contributed by atoms with Crippen LogP contribution in [-0.2, 0) is 0 Å². The number of carbonyl (C=O) groups excluding carboxylic acids is 1. The van der Waals surface area contributed by atoms with Gasteiger partial charge in [0.2, 0.25) is 0 Å². The zero-order valence-corrected chi connectivity index (χ0v) is 5.95. The second-order valence-corrected chi connectivity index (χ2v) is 1.44. The third-order valence-corrected chi connectivity index (χ3v) is 0.854. The van der Waals surface area contributed by atoms with Crippen LogP contribution in [0.5, 0.6) is 0 Å². The highest BCUT2D eigenvalue weighted by Gasteiger charge is 2.00. The molecule has 10 heavy (non-hydrogen) atoms. The first-order chi connectivity index (χ1) is 4.76. The third kappa shape index (κ3) is 2.26. The summed E-state index contributed by atoms with van der Waals surface area (Å²) in [5, 5.41) is 0. The summed E-state index contributed by atoms with van der Waals surface area (Å²) in [6, 6.07) is -0.382. The lowest BCUT2D eigenvalue weighted by Gasteiger charge is -2.06. The monoisotopic (exact) mass is 138 g/mol. The fourth-order valence-electron chi connectivity index (χ4n) is 0.408. The Balaban J connectivity index is 4.14. The van der Waals surface area contributed by atoms with Crippen LogP contribution in [0.4, 0.5) is 4.79 Å². The van der Waals surface area contributed by atoms with E-state index in [1.807, 2.05) is 0 Å². The molecule has 0 atom stereocenters. The van der Waals surface area contributed by atoms with Crippen molar-refractivity contribution in [2.75, 3.05) is 0 Å². The van der Waals surface area contributed by atoms with Crippen LogP contribution < -0.4 is 0 Å². The van der Waals surface area contributed by atoms with Gasteiger partial charge in [-0.2, -0.15) is 0 Å². The van der Waals surface area contributed by atoms with Gasteiger partial charge in [-0.05, 0) is 6.92 Å². The smallest absolute Gasteiger partial charge is 0.276 e. The highest BCUT2D eigenvalue weighted by molar-refractivity contribution is 5.84. The SMILES string of the molecule is C=CN(C=C)C(=O)/N=C/C. The average Bonchev–Trinajstić information content (AvgIpc) is 1.91. The van der Waals surface area contributed by atoms with Crippen LogP contribution in [0.15, 0.2) is 30.6 Å². The van der Waals surface area contributed by atoms with Crippen molar-refractivity contribution in [3.63, 3.8) is 0 Å². The standard InChI is InChI=1S/C7H10N2O/c1-4-8-7(10)9(5-2)6-3/h4-6H,2-3H2,1H3/b8-4+. The van der Waals surface area contributed by atoms with Gasteiger partial charge < -0.3 is 0 Å². The van der Waals surface area contributed by atoms with E-state index in [0.29, 0.717) is 0 Å². The molecule has 0 saturated heterocycles. The van der Waals surface area contributed by atoms with Gasteiger partial charge in [0, 0.05) is 18.6 Å². The Bertz CT molecular complexity index is 164. The number of amides is 2. The van der Waals surface area contributed by atoms with Gasteiger partial charge in [-0.1, -0.05) is 13.2 Å². The highest BCUT2D eigenvalue weighted by atomic mass is 16.2. The molecule has 0 fully saturated rings. The van der Waals surface area contributed by atoms with E-state index >= 15 is 0 Å². The summed E-state index contributed by atoms with van der Waals surface area (Å²) in [6.45, 7) is 8.46. The zero-order chi connectivity index (χ0) is 7.98. The highest BCUT2D eigenvalue weighted by Crippen LogP contribution is 1.92. The van der Waals surface area contributed by atoms with Gasteiger partial charge in [0.25, 0.3) is 0 Å². The van der Waals surface area contributed by atoms with Crippen LogP contribution in [0.3, 0.4) is 0 Å². The molecule has 3 heteroatoms. The molecule has 3 nitrogen and oxygen atoms in total. The van der Waals surface area contributed by atoms with Crippen LogP contribution in [0.2, 0.25) is 0 Å². The molecule has 0 heterocycles. The molecule has 0 aliphatic carbocycles. The van der Waals surface area contributed by atoms with Crippen molar-refractivity contribution in [2.24, 2.45) is 4.99 Å². The van der Waals surface area contributed by atoms with E-state index in [4.69, 9.17) is 0 Å². The predicted molar refractivity (Wildman–Crippen MR) is 41.8 cm³/mol. The van der Waals surface area contributed by atoms with E-state index in [1.165, 1.54) is 23.5 Å². The molecule has 0 aliphatic rings. The van der Waals surface area contributed by atoms with Crippen LogP contribution in [-0.4, -0.2) is 17.1 Å². The minimum absolute atomic E-state index is 0.382. The molecule has 0 unspecified atom stereocenters. The molecular weight excluding hydrogens is 128 g/mol. The van der Waals surface area contributed by atoms with Gasteiger partial charge in [-0.25, -0.2) is 9.79 Å². The van der Waals surface area contributed by atoms with Crippen LogP contribution in [0.25, 0.3) is 0 Å². The van der Waals surface area contributed by atoms with Crippen LogP contribution >= 0.6 is 0 Å². The van der Waals surface area contributed by atoms with Crippen molar-refractivity contribution in [1.82, 2.24) is 4.90 Å². The third-order valence-electron chi connectivity index (χ3n) is 0.854. The Hall–Kier alpha value is -1.38. The lowest BCUT2D eigenvalue weighted by atomic mass is 10.7. The molecule has 0 aromatic heterocycles. The second-order valence-electron chi connectivity index (χ2n) is 1.44. The second kappa shape index (κ2) is 4.49. The maximum Gasteiger partial charge on any atom is 0.351 e. The number of urea groups is 1. The first-order valence-electron chi connectivity index (χ1n) is 2.82. The lowest BCUT2D eigenvalue weighted by Crippen LogP contribution is -2.14. The van der Waals surface area contributed by atoms with E-state index in [1.54, 1.807) is 6.92 Å². The Morgan fingerprint density at radius 2 is 2.00 bits per heavy atom. The minimum Gasteiger partial charge on any atom is -0.276 e. The van der Waals surface area contributed by atoms with Crippen LogP contribution in [0.1, 0.15) is 6.92 Å². The zero-order valence-electron chi connectivity index (χ0n) is 5.95. The topological polar surface area (TPSA) is 32.7 Å². The van der Waals surface area contributed by atoms with Gasteiger partial charge in [0.1, 0.15) is 0 Å². The summed E-state index contributed by atoms with van der Waals surface area (Å²) in [5.41, 5.74) is 0. The lowest BCUT2D eigenvalue weighted by molar-refractivity contribution is 0.236. The Morgan fingerprint density at radius 3 is 2.30 bits per heavy atom.